The normalized spacial score (nSPS) is 15.0. The molecule has 0 radical (unpaired) electrons. The lowest BCUT2D eigenvalue weighted by molar-refractivity contribution is 0.157. The Balaban J connectivity index is 0.000000117. The summed E-state index contributed by atoms with van der Waals surface area (Å²) in [5.74, 6) is 4.28. The predicted octanol–water partition coefficient (Wildman–Crippen LogP) is 13.8. The van der Waals surface area contributed by atoms with Crippen molar-refractivity contribution >= 4 is 50.9 Å². The molecule has 12 N–H and O–H groups in total. The van der Waals surface area contributed by atoms with Crippen LogP contribution in [0.4, 0.5) is 29.1 Å². The van der Waals surface area contributed by atoms with Crippen molar-refractivity contribution in [1.29, 1.82) is 0 Å². The molecule has 9 aromatic heterocycles. The monoisotopic (exact) mass is 1910 g/mol. The van der Waals surface area contributed by atoms with Crippen LogP contribution in [0.25, 0.3) is 89.7 Å². The van der Waals surface area contributed by atoms with E-state index in [1.165, 1.54) is 89.8 Å². The number of aliphatic hydroxyl groups is 2. The number of aryl methyl sites for hydroxylation is 5. The van der Waals surface area contributed by atoms with Crippen LogP contribution in [0.3, 0.4) is 0 Å². The third kappa shape index (κ3) is 22.8. The second-order valence-electron chi connectivity index (χ2n) is 38.3. The largest absolute Gasteiger partial charge is 0.475 e. The van der Waals surface area contributed by atoms with Crippen LogP contribution < -0.4 is 42.9 Å². The predicted molar refractivity (Wildman–Crippen MR) is 555 cm³/mol. The fourth-order valence-corrected chi connectivity index (χ4v) is 19.5. The van der Waals surface area contributed by atoms with Crippen molar-refractivity contribution in [2.45, 2.75) is 139 Å². The van der Waals surface area contributed by atoms with Gasteiger partial charge in [0, 0.05) is 129 Å². The molecular weight excluding hydrogens is 1780 g/mol. The Bertz CT molecular complexity index is 7090. The molecule has 0 aliphatic carbocycles. The third-order valence-corrected chi connectivity index (χ3v) is 27.5. The molecule has 1 fully saturated rings. The number of nitrogens with two attached hydrogens (primary N) is 5. The van der Waals surface area contributed by atoms with Crippen LogP contribution in [0.1, 0.15) is 119 Å². The second kappa shape index (κ2) is 43.5. The number of nitrogen functional groups attached to an aromatic ring is 5. The van der Waals surface area contributed by atoms with Gasteiger partial charge in [-0.25, -0.2) is 69.2 Å². The van der Waals surface area contributed by atoms with Gasteiger partial charge in [-0.2, -0.15) is 10.2 Å². The molecule has 0 saturated carbocycles. The van der Waals surface area contributed by atoms with Crippen molar-refractivity contribution in [2.24, 2.45) is 5.92 Å². The quantitative estimate of drug-likeness (QED) is 0.0419. The minimum absolute atomic E-state index is 0.00851. The molecule has 15 heterocycles. The highest BCUT2D eigenvalue weighted by molar-refractivity contribution is 5.83. The van der Waals surface area contributed by atoms with E-state index in [1.807, 2.05) is 54.7 Å². The first kappa shape index (κ1) is 97.4. The van der Waals surface area contributed by atoms with Gasteiger partial charge < -0.3 is 82.5 Å². The van der Waals surface area contributed by atoms with E-state index < -0.39 is 0 Å². The number of anilines is 5. The van der Waals surface area contributed by atoms with Crippen molar-refractivity contribution in [3.05, 3.63) is 289 Å². The molecule has 1 saturated heterocycles. The summed E-state index contributed by atoms with van der Waals surface area (Å²) >= 11 is 0. The van der Waals surface area contributed by atoms with Crippen molar-refractivity contribution in [3.63, 3.8) is 0 Å². The summed E-state index contributed by atoms with van der Waals surface area (Å²) in [5, 5.41) is 29.7. The fourth-order valence-electron chi connectivity index (χ4n) is 19.5. The topological polar surface area (TPSA) is 421 Å². The summed E-state index contributed by atoms with van der Waals surface area (Å²) in [4.78, 5) is 71.4. The lowest BCUT2D eigenvalue weighted by atomic mass is 9.92. The van der Waals surface area contributed by atoms with Gasteiger partial charge in [0.1, 0.15) is 19.5 Å². The number of aliphatic hydroxyl groups excluding tert-OH is 2. The van der Waals surface area contributed by atoms with E-state index in [4.69, 9.17) is 57.8 Å². The van der Waals surface area contributed by atoms with Crippen molar-refractivity contribution < 1.29 is 24.4 Å². The summed E-state index contributed by atoms with van der Waals surface area (Å²) < 4.78 is 20.9. The molecule has 0 amide bonds. The minimum Gasteiger partial charge on any atom is -0.475 e. The Kier molecular flexibility index (Phi) is 29.9. The molecule has 22 rings (SSSR count). The number of likely N-dealkylation sites (N-methyl/N-ethyl adjacent to an activating group) is 5. The van der Waals surface area contributed by atoms with Gasteiger partial charge in [0.2, 0.25) is 0 Å². The van der Waals surface area contributed by atoms with Crippen LogP contribution in [-0.2, 0) is 91.3 Å². The third-order valence-electron chi connectivity index (χ3n) is 27.5. The number of ether oxygens (including phenoxy) is 3. The molecule has 6 aliphatic heterocycles. The standard InChI is InChI=1S/2C23H24N6O.C22H31N5O.C21H23N5O.C20H22N6O/c1-14-7-16(9-17-11-28(2)6-5-19(14)17)21-10-25-22(24)23(26-21)29-12-18-8-15(13-30)3-4-20(18)27-29;1-14-7-16(9-18-12-28(2)6-5-19(14)18)20-11-25-22(24)23(27-20)29-21-4-3-15(13-30)8-17(21)10-26-29;1-15-10-17(11-18-13-27(3)9-6-19(15)18)20-12-24-21(23)22(25-20)28-14-16-4-7-26(2)8-5-16;1-14-9-16(10-17-12-26(2)8-5-18(14)17)19-11-24-20(22)21(25-19)27-13-15-3-6-23-7-4-15;1-13-7-14(8-15-10-26(2)6-4-17(13)15)18-9-23-19(21)20(25-18)27-11-16-3-5-22-12-24-16/h3-4,7-10,12,30H,5-6,11,13H2,1-2H3,(H2,24,25);3-4,7-11,30H,5-6,12-13H2,1-2H3,(H2,24,25);10-12,16H,4-9,13-14H2,1-3H3,(H2,23,24);3-4,6-7,9-11H,5,8,12-13H2,1-2H3,(H2,22,24);3,5,7-9,12H,4,6,10-11H2,1-2H3,(H2,21,23). The number of hydrogen-bond donors (Lipinski definition) is 7. The van der Waals surface area contributed by atoms with E-state index in [9.17, 15) is 10.2 Å². The number of aromatic nitrogens is 17. The molecule has 33 heteroatoms. The summed E-state index contributed by atoms with van der Waals surface area (Å²) in [5.41, 5.74) is 65.1. The van der Waals surface area contributed by atoms with Gasteiger partial charge in [-0.1, -0.05) is 12.1 Å². The number of likely N-dealkylation sites (tertiary alicyclic amines) is 1. The SMILES string of the molecule is Cc1cc(-c2cnc(N)c(-n3cc4cc(CO)ccc4n3)n2)cc2c1CCN(C)C2.Cc1cc(-c2cnc(N)c(-n3ncc4cc(CO)ccc43)n2)cc2c1CCN(C)C2.Cc1cc(-c2cnc(N)c(OCC3CCN(C)CC3)n2)cc2c1CCN(C)C2.Cc1cc(-c2cnc(N)c(OCc3ccncc3)n2)cc2c1CCN(C)C2.Cc1cc(-c2cnc(N)c(OCc3ccncn3)n2)cc2c1CCN(C)C2. The number of hydrogen-bond acceptors (Lipinski definition) is 31. The van der Waals surface area contributed by atoms with Crippen LogP contribution in [-0.4, -0.2) is 219 Å². The summed E-state index contributed by atoms with van der Waals surface area (Å²) in [7, 11) is 12.9. The molecule has 142 heavy (non-hydrogen) atoms. The highest BCUT2D eigenvalue weighted by atomic mass is 16.5. The van der Waals surface area contributed by atoms with E-state index in [0.29, 0.717) is 71.7 Å². The molecule has 7 aromatic carbocycles. The Labute approximate surface area is 827 Å². The molecular formula is C109H124N28O5. The Morgan fingerprint density at radius 1 is 0.359 bits per heavy atom. The molecule has 16 aromatic rings. The molecule has 0 unspecified atom stereocenters. The lowest BCUT2D eigenvalue weighted by Gasteiger charge is -2.28. The van der Waals surface area contributed by atoms with Crippen LogP contribution in [0, 0.1) is 40.5 Å². The van der Waals surface area contributed by atoms with Crippen molar-refractivity contribution in [2.75, 3.05) is 123 Å². The van der Waals surface area contributed by atoms with Crippen LogP contribution in [0.2, 0.25) is 0 Å². The Morgan fingerprint density at radius 3 is 1.16 bits per heavy atom. The number of fused-ring (bicyclic) bond motifs is 7. The fraction of sp³-hybridized carbons (Fsp3) is 0.330. The maximum Gasteiger partial charge on any atom is 0.258 e. The zero-order valence-corrected chi connectivity index (χ0v) is 82.7. The number of piperidine rings is 1. The Hall–Kier alpha value is -14.8. The average Bonchev–Trinajstić information content (AvgIpc) is 1.46. The van der Waals surface area contributed by atoms with Crippen LogP contribution in [0.5, 0.6) is 17.6 Å². The summed E-state index contributed by atoms with van der Waals surface area (Å²) in [6.45, 7) is 24.6. The molecule has 6 aliphatic rings. The zero-order valence-electron chi connectivity index (χ0n) is 82.7. The summed E-state index contributed by atoms with van der Waals surface area (Å²) in [6, 6.07) is 39.0. The molecule has 0 bridgehead atoms. The highest BCUT2D eigenvalue weighted by Gasteiger charge is 2.28. The molecule has 0 atom stereocenters. The number of rotatable bonds is 18. The zero-order chi connectivity index (χ0) is 98.9. The smallest absolute Gasteiger partial charge is 0.258 e. The maximum absolute atomic E-state index is 9.38. The number of benzene rings is 7. The Morgan fingerprint density at radius 2 is 0.739 bits per heavy atom. The first-order valence-corrected chi connectivity index (χ1v) is 48.3. The van der Waals surface area contributed by atoms with Crippen molar-refractivity contribution in [3.8, 4) is 85.6 Å². The van der Waals surface area contributed by atoms with Gasteiger partial charge in [-0.05, 0) is 344 Å². The highest BCUT2D eigenvalue weighted by Crippen LogP contribution is 2.38. The van der Waals surface area contributed by atoms with Gasteiger partial charge >= 0.3 is 0 Å². The van der Waals surface area contributed by atoms with E-state index >= 15 is 0 Å². The van der Waals surface area contributed by atoms with E-state index in [2.05, 4.69) is 227 Å². The molecule has 33 nitrogen and oxygen atoms in total. The number of nitrogens with zero attached hydrogens (tertiary/aromatic N) is 23. The first-order valence-electron chi connectivity index (χ1n) is 48.3. The van der Waals surface area contributed by atoms with E-state index in [-0.39, 0.29) is 25.6 Å². The number of pyridine rings is 1. The van der Waals surface area contributed by atoms with Gasteiger partial charge in [-0.15, -0.1) is 0 Å². The van der Waals surface area contributed by atoms with Crippen LogP contribution >= 0.6 is 0 Å². The minimum atomic E-state index is -0.00851. The molecule has 730 valence electrons. The van der Waals surface area contributed by atoms with E-state index in [0.717, 1.165) is 224 Å². The van der Waals surface area contributed by atoms with Crippen molar-refractivity contribution in [1.82, 2.24) is 114 Å². The van der Waals surface area contributed by atoms with Gasteiger partial charge in [-0.3, -0.25) is 4.98 Å². The van der Waals surface area contributed by atoms with Gasteiger partial charge in [0.05, 0.1) is 102 Å². The molecule has 0 spiro atoms. The average molecular weight is 1910 g/mol. The maximum atomic E-state index is 9.38. The second-order valence-corrected chi connectivity index (χ2v) is 38.3. The summed E-state index contributed by atoms with van der Waals surface area (Å²) in [6.07, 6.45) is 26.6. The van der Waals surface area contributed by atoms with E-state index in [1.54, 1.807) is 71.2 Å². The first-order chi connectivity index (χ1) is 68.7. The lowest BCUT2D eigenvalue weighted by Crippen LogP contribution is -2.32. The van der Waals surface area contributed by atoms with Gasteiger partial charge in [0.25, 0.3) is 17.6 Å². The van der Waals surface area contributed by atoms with Crippen LogP contribution in [0.15, 0.2) is 184 Å². The van der Waals surface area contributed by atoms with Gasteiger partial charge in [0.15, 0.2) is 40.7 Å².